The van der Waals surface area contributed by atoms with Crippen LogP contribution in [0, 0.1) is 6.92 Å². The molecule has 2 aliphatic rings. The second kappa shape index (κ2) is 7.32. The molecule has 0 atom stereocenters. The van der Waals surface area contributed by atoms with Crippen molar-refractivity contribution in [1.82, 2.24) is 5.32 Å². The minimum atomic E-state index is -3.47. The highest BCUT2D eigenvalue weighted by Gasteiger charge is 2.48. The number of rotatable bonds is 3. The van der Waals surface area contributed by atoms with Crippen LogP contribution in [0.2, 0.25) is 0 Å². The fourth-order valence-corrected chi connectivity index (χ4v) is 6.28. The van der Waals surface area contributed by atoms with Gasteiger partial charge in [-0.1, -0.05) is 0 Å². The summed E-state index contributed by atoms with van der Waals surface area (Å²) in [6, 6.07) is 0. The molecule has 0 unspecified atom stereocenters. The number of fused-ring (bicyclic) bond motifs is 1. The van der Waals surface area contributed by atoms with Gasteiger partial charge >= 0.3 is 0 Å². The van der Waals surface area contributed by atoms with Gasteiger partial charge in [0.1, 0.15) is 0 Å². The van der Waals surface area contributed by atoms with Crippen LogP contribution in [0.1, 0.15) is 41.7 Å². The topological polar surface area (TPSA) is 75.3 Å². The summed E-state index contributed by atoms with van der Waals surface area (Å²) in [6.45, 7) is 3.15. The molecule has 24 heavy (non-hydrogen) atoms. The largest absolute Gasteiger partial charge is 0.317 e. The molecule has 1 amide bonds. The van der Waals surface area contributed by atoms with E-state index < -0.39 is 14.6 Å². The van der Waals surface area contributed by atoms with E-state index in [9.17, 15) is 13.2 Å². The minimum absolute atomic E-state index is 0. The van der Waals surface area contributed by atoms with Crippen LogP contribution < -0.4 is 10.6 Å². The number of halogens is 1. The first kappa shape index (κ1) is 19.7. The van der Waals surface area contributed by atoms with Crippen molar-refractivity contribution in [3.05, 3.63) is 16.0 Å². The normalized spacial score (nSPS) is 19.9. The van der Waals surface area contributed by atoms with Crippen LogP contribution in [0.15, 0.2) is 0 Å². The Morgan fingerprint density at radius 3 is 2.42 bits per heavy atom. The second-order valence-electron chi connectivity index (χ2n) is 6.64. The lowest BCUT2D eigenvalue weighted by atomic mass is 9.95. The Hall–Kier alpha value is -0.630. The van der Waals surface area contributed by atoms with Gasteiger partial charge in [-0.2, -0.15) is 0 Å². The molecule has 3 rings (SSSR count). The average Bonchev–Trinajstić information content (AvgIpc) is 2.83. The van der Waals surface area contributed by atoms with Crippen molar-refractivity contribution in [3.8, 4) is 0 Å². The van der Waals surface area contributed by atoms with E-state index in [2.05, 4.69) is 10.6 Å². The summed E-state index contributed by atoms with van der Waals surface area (Å²) in [7, 11) is -3.47. The van der Waals surface area contributed by atoms with E-state index in [1.54, 1.807) is 11.3 Å². The van der Waals surface area contributed by atoms with Crippen LogP contribution in [-0.4, -0.2) is 38.4 Å². The van der Waals surface area contributed by atoms with Gasteiger partial charge in [0.05, 0.1) is 5.00 Å². The molecule has 0 bridgehead atoms. The highest BCUT2D eigenvalue weighted by Crippen LogP contribution is 2.39. The fraction of sp³-hybridized carbons (Fsp3) is 0.688. The predicted octanol–water partition coefficient (Wildman–Crippen LogP) is 2.46. The Labute approximate surface area is 153 Å². The van der Waals surface area contributed by atoms with Crippen LogP contribution in [0.25, 0.3) is 0 Å². The lowest BCUT2D eigenvalue weighted by Crippen LogP contribution is -2.55. The molecular formula is C16H25ClN2O3S2. The first-order valence-electron chi connectivity index (χ1n) is 8.18. The second-order valence-corrected chi connectivity index (χ2v) is 10.1. The molecule has 0 aromatic carbocycles. The van der Waals surface area contributed by atoms with E-state index in [1.807, 2.05) is 6.92 Å². The van der Waals surface area contributed by atoms with Gasteiger partial charge in [-0.25, -0.2) is 8.42 Å². The van der Waals surface area contributed by atoms with Crippen molar-refractivity contribution in [1.29, 1.82) is 0 Å². The van der Waals surface area contributed by atoms with Gasteiger partial charge in [-0.05, 0) is 69.7 Å². The number of amides is 1. The zero-order valence-corrected chi connectivity index (χ0v) is 16.6. The number of piperidine rings is 1. The lowest BCUT2D eigenvalue weighted by Gasteiger charge is -2.34. The number of carbonyl (C=O) groups is 1. The van der Waals surface area contributed by atoms with Crippen molar-refractivity contribution >= 4 is 44.5 Å². The van der Waals surface area contributed by atoms with E-state index >= 15 is 0 Å². The Bertz CT molecular complexity index is 722. The smallest absolute Gasteiger partial charge is 0.246 e. The molecule has 0 saturated carbocycles. The van der Waals surface area contributed by atoms with E-state index in [4.69, 9.17) is 0 Å². The summed E-state index contributed by atoms with van der Waals surface area (Å²) in [4.78, 5) is 14.2. The molecule has 0 spiro atoms. The number of sulfone groups is 1. The van der Waals surface area contributed by atoms with Crippen molar-refractivity contribution in [2.45, 2.75) is 50.2 Å². The Kier molecular flexibility index (Phi) is 6.00. The Balaban J connectivity index is 0.00000208. The molecule has 5 nitrogen and oxygen atoms in total. The third kappa shape index (κ3) is 3.36. The van der Waals surface area contributed by atoms with Crippen LogP contribution in [0.5, 0.6) is 0 Å². The molecule has 1 aliphatic heterocycles. The fourth-order valence-electron chi connectivity index (χ4n) is 3.66. The lowest BCUT2D eigenvalue weighted by molar-refractivity contribution is -0.119. The average molecular weight is 393 g/mol. The first-order chi connectivity index (χ1) is 10.8. The first-order valence-corrected chi connectivity index (χ1v) is 10.9. The van der Waals surface area contributed by atoms with Gasteiger partial charge in [0.2, 0.25) is 5.91 Å². The van der Waals surface area contributed by atoms with Crippen molar-refractivity contribution in [2.24, 2.45) is 0 Å². The molecule has 2 N–H and O–H groups in total. The van der Waals surface area contributed by atoms with Gasteiger partial charge in [-0.15, -0.1) is 23.7 Å². The third-order valence-electron chi connectivity index (χ3n) is 5.20. The maximum absolute atomic E-state index is 12.9. The monoisotopic (exact) mass is 392 g/mol. The number of nitrogens with one attached hydrogen (secondary N) is 2. The maximum atomic E-state index is 12.9. The van der Waals surface area contributed by atoms with E-state index in [0.29, 0.717) is 25.9 Å². The molecular weight excluding hydrogens is 368 g/mol. The number of hydrogen-bond donors (Lipinski definition) is 2. The van der Waals surface area contributed by atoms with Crippen LogP contribution in [0.4, 0.5) is 5.00 Å². The minimum Gasteiger partial charge on any atom is -0.317 e. The summed E-state index contributed by atoms with van der Waals surface area (Å²) in [5.41, 5.74) is 2.48. The van der Waals surface area contributed by atoms with Crippen molar-refractivity contribution in [3.63, 3.8) is 0 Å². The summed E-state index contributed by atoms with van der Waals surface area (Å²) in [6.07, 6.45) is 6.37. The quantitative estimate of drug-likeness (QED) is 0.828. The standard InChI is InChI=1S/C16H24N2O3S2.ClH/c1-11-12-5-3-4-6-13(12)22-14(11)18-15(19)16(23(2,20)21)7-9-17-10-8-16;/h17H,3-10H2,1-2H3,(H,18,19);1H. The van der Waals surface area contributed by atoms with Gasteiger partial charge < -0.3 is 10.6 Å². The van der Waals surface area contributed by atoms with Crippen molar-refractivity contribution < 1.29 is 13.2 Å². The summed E-state index contributed by atoms with van der Waals surface area (Å²) < 4.78 is 23.4. The van der Waals surface area contributed by atoms with Crippen molar-refractivity contribution in [2.75, 3.05) is 24.7 Å². The molecule has 136 valence electrons. The van der Waals surface area contributed by atoms with Gasteiger partial charge in [0.15, 0.2) is 14.6 Å². The number of carbonyl (C=O) groups excluding carboxylic acids is 1. The van der Waals surface area contributed by atoms with Crippen LogP contribution in [-0.2, 0) is 27.5 Å². The number of hydrogen-bond acceptors (Lipinski definition) is 5. The highest BCUT2D eigenvalue weighted by molar-refractivity contribution is 7.92. The van der Waals surface area contributed by atoms with Crippen LogP contribution in [0.3, 0.4) is 0 Å². The SMILES string of the molecule is Cc1c(NC(=O)C2(S(C)(=O)=O)CCNCC2)sc2c1CCCC2.Cl. The number of aryl methyl sites for hydroxylation is 1. The van der Waals surface area contributed by atoms with Crippen LogP contribution >= 0.6 is 23.7 Å². The molecule has 1 aromatic rings. The Morgan fingerprint density at radius 2 is 1.83 bits per heavy atom. The molecule has 1 aromatic heterocycles. The summed E-state index contributed by atoms with van der Waals surface area (Å²) >= 11 is 1.62. The molecule has 8 heteroatoms. The van der Waals surface area contributed by atoms with E-state index in [0.717, 1.165) is 23.4 Å². The Morgan fingerprint density at radius 1 is 1.21 bits per heavy atom. The molecule has 0 radical (unpaired) electrons. The zero-order valence-electron chi connectivity index (χ0n) is 14.1. The highest BCUT2D eigenvalue weighted by atomic mass is 35.5. The van der Waals surface area contributed by atoms with E-state index in [1.165, 1.54) is 29.5 Å². The third-order valence-corrected chi connectivity index (χ3v) is 8.52. The number of thiophene rings is 1. The van der Waals surface area contributed by atoms with Gasteiger partial charge in [0, 0.05) is 11.1 Å². The molecule has 1 saturated heterocycles. The predicted molar refractivity (Wildman–Crippen MR) is 101 cm³/mol. The zero-order chi connectivity index (χ0) is 16.7. The van der Waals surface area contributed by atoms with Gasteiger partial charge in [0.25, 0.3) is 0 Å². The summed E-state index contributed by atoms with van der Waals surface area (Å²) in [5.74, 6) is -0.358. The molecule has 1 aliphatic carbocycles. The summed E-state index contributed by atoms with van der Waals surface area (Å²) in [5, 5.41) is 6.93. The van der Waals surface area contributed by atoms with E-state index in [-0.39, 0.29) is 18.3 Å². The number of anilines is 1. The molecule has 1 fully saturated rings. The molecule has 2 heterocycles. The van der Waals surface area contributed by atoms with Gasteiger partial charge in [-0.3, -0.25) is 4.79 Å². The maximum Gasteiger partial charge on any atom is 0.246 e.